The number of benzene rings is 1. The molecule has 0 bridgehead atoms. The molecule has 1 aromatic carbocycles. The second-order valence-corrected chi connectivity index (χ2v) is 10.4. The molecule has 3 heterocycles. The molecule has 216 valence electrons. The fourth-order valence-electron chi connectivity index (χ4n) is 5.25. The van der Waals surface area contributed by atoms with Crippen LogP contribution in [0, 0.1) is 0 Å². The SMILES string of the molecule is C=C1NC(=O)[C@H](C)N(C)C(=O)[C@@H]2CCCN2C(=O)[C@@H](NC(=O)OCc2ccccc2)COC[C@@H]2CCCN2C1=O. The van der Waals surface area contributed by atoms with Crippen LogP contribution in [-0.4, -0.2) is 102 Å². The van der Waals surface area contributed by atoms with Gasteiger partial charge in [0.05, 0.1) is 25.0 Å². The van der Waals surface area contributed by atoms with Gasteiger partial charge in [-0.2, -0.15) is 0 Å². The number of hydrogen-bond donors (Lipinski definition) is 2. The second kappa shape index (κ2) is 12.9. The molecular weight excluding hydrogens is 518 g/mol. The van der Waals surface area contributed by atoms with Crippen molar-refractivity contribution in [3.63, 3.8) is 0 Å². The highest BCUT2D eigenvalue weighted by atomic mass is 16.5. The summed E-state index contributed by atoms with van der Waals surface area (Å²) in [6.45, 7) is 6.07. The van der Waals surface area contributed by atoms with E-state index in [1.165, 1.54) is 16.8 Å². The molecule has 12 heteroatoms. The number of nitrogens with one attached hydrogen (secondary N) is 2. The molecule has 3 saturated heterocycles. The van der Waals surface area contributed by atoms with Crippen LogP contribution >= 0.6 is 0 Å². The summed E-state index contributed by atoms with van der Waals surface area (Å²) in [5.74, 6) is -1.86. The molecule has 0 radical (unpaired) electrons. The first-order chi connectivity index (χ1) is 19.2. The predicted molar refractivity (Wildman–Crippen MR) is 143 cm³/mol. The van der Waals surface area contributed by atoms with E-state index in [2.05, 4.69) is 17.2 Å². The van der Waals surface area contributed by atoms with Gasteiger partial charge in [0.25, 0.3) is 5.91 Å². The lowest BCUT2D eigenvalue weighted by Crippen LogP contribution is -2.57. The smallest absolute Gasteiger partial charge is 0.408 e. The highest BCUT2D eigenvalue weighted by molar-refractivity contribution is 5.99. The van der Waals surface area contributed by atoms with E-state index in [1.54, 1.807) is 11.8 Å². The van der Waals surface area contributed by atoms with E-state index < -0.39 is 47.8 Å². The van der Waals surface area contributed by atoms with Crippen LogP contribution in [0.3, 0.4) is 0 Å². The van der Waals surface area contributed by atoms with Gasteiger partial charge in [0, 0.05) is 20.1 Å². The van der Waals surface area contributed by atoms with Crippen molar-refractivity contribution >= 4 is 29.7 Å². The summed E-state index contributed by atoms with van der Waals surface area (Å²) >= 11 is 0. The summed E-state index contributed by atoms with van der Waals surface area (Å²) in [7, 11) is 1.48. The van der Waals surface area contributed by atoms with Crippen LogP contribution < -0.4 is 10.6 Å². The van der Waals surface area contributed by atoms with Gasteiger partial charge in [0.15, 0.2) is 0 Å². The molecule has 12 nitrogen and oxygen atoms in total. The average Bonchev–Trinajstić information content (AvgIpc) is 3.63. The van der Waals surface area contributed by atoms with E-state index >= 15 is 0 Å². The topological polar surface area (TPSA) is 138 Å². The molecule has 5 amide bonds. The number of amides is 5. The van der Waals surface area contributed by atoms with Gasteiger partial charge >= 0.3 is 6.09 Å². The van der Waals surface area contributed by atoms with E-state index in [1.807, 2.05) is 30.3 Å². The van der Waals surface area contributed by atoms with Gasteiger partial charge in [-0.3, -0.25) is 19.2 Å². The van der Waals surface area contributed by atoms with Crippen LogP contribution in [0.25, 0.3) is 0 Å². The van der Waals surface area contributed by atoms with Gasteiger partial charge in [-0.05, 0) is 38.2 Å². The first kappa shape index (κ1) is 29.1. The monoisotopic (exact) mass is 555 g/mol. The van der Waals surface area contributed by atoms with E-state index in [9.17, 15) is 24.0 Å². The van der Waals surface area contributed by atoms with Gasteiger partial charge < -0.3 is 34.8 Å². The molecule has 3 fully saturated rings. The van der Waals surface area contributed by atoms with E-state index in [0.717, 1.165) is 12.0 Å². The second-order valence-electron chi connectivity index (χ2n) is 10.4. The lowest BCUT2D eigenvalue weighted by Gasteiger charge is -2.33. The Bertz CT molecular complexity index is 1140. The molecule has 2 N–H and O–H groups in total. The lowest BCUT2D eigenvalue weighted by molar-refractivity contribution is -0.148. The van der Waals surface area contributed by atoms with Gasteiger partial charge in [-0.15, -0.1) is 0 Å². The van der Waals surface area contributed by atoms with Gasteiger partial charge in [-0.1, -0.05) is 36.9 Å². The highest BCUT2D eigenvalue weighted by Crippen LogP contribution is 2.23. The third-order valence-corrected chi connectivity index (χ3v) is 7.70. The maximum Gasteiger partial charge on any atom is 0.408 e. The first-order valence-corrected chi connectivity index (χ1v) is 13.6. The Labute approximate surface area is 233 Å². The molecule has 1 aromatic rings. The van der Waals surface area contributed by atoms with Gasteiger partial charge in [-0.25, -0.2) is 4.79 Å². The number of alkyl carbamates (subject to hydrolysis) is 1. The predicted octanol–water partition coefficient (Wildman–Crippen LogP) is 0.770. The van der Waals surface area contributed by atoms with E-state index in [-0.39, 0.29) is 31.6 Å². The highest BCUT2D eigenvalue weighted by Gasteiger charge is 2.41. The van der Waals surface area contributed by atoms with Crippen LogP contribution in [0.15, 0.2) is 42.6 Å². The standard InChI is InChI=1S/C28H37N5O7/c1-18-25(35)32-13-7-11-21(32)16-39-17-22(30-28(38)40-15-20-9-5-4-6-10-20)26(36)33-14-8-12-23(33)27(37)31(3)19(2)24(34)29-18/h4-6,9-10,19,21-23H,1,7-8,11-17H2,2-3H3,(H,29,34)(H,30,38)/t19-,21-,22-,23-/m0/s1. The van der Waals surface area contributed by atoms with Crippen LogP contribution in [-0.2, 0) is 35.3 Å². The maximum absolute atomic E-state index is 13.7. The number of carbonyl (C=O) groups is 5. The number of likely N-dealkylation sites (N-methyl/N-ethyl adjacent to an activating group) is 1. The Hall–Kier alpha value is -3.93. The normalized spacial score (nSPS) is 26.9. The van der Waals surface area contributed by atoms with Crippen molar-refractivity contribution in [3.05, 3.63) is 48.2 Å². The van der Waals surface area contributed by atoms with Crippen molar-refractivity contribution in [2.45, 2.75) is 63.4 Å². The fourth-order valence-corrected chi connectivity index (χ4v) is 5.25. The number of rotatable bonds is 3. The Morgan fingerprint density at radius 3 is 2.50 bits per heavy atom. The minimum absolute atomic E-state index is 0.0209. The van der Waals surface area contributed by atoms with Crippen LogP contribution in [0.1, 0.15) is 38.2 Å². The lowest BCUT2D eigenvalue weighted by atomic mass is 10.1. The Balaban J connectivity index is 1.55. The molecular formula is C28H37N5O7. The first-order valence-electron chi connectivity index (χ1n) is 13.6. The van der Waals surface area contributed by atoms with Crippen molar-refractivity contribution in [2.75, 3.05) is 33.4 Å². The number of nitrogens with zero attached hydrogens (tertiary/aromatic N) is 3. The average molecular weight is 556 g/mol. The van der Waals surface area contributed by atoms with Gasteiger partial charge in [0.2, 0.25) is 17.7 Å². The fraction of sp³-hybridized carbons (Fsp3) is 0.536. The molecule has 0 aromatic heterocycles. The maximum atomic E-state index is 13.7. The summed E-state index contributed by atoms with van der Waals surface area (Å²) in [5, 5.41) is 5.15. The quantitative estimate of drug-likeness (QED) is 0.526. The molecule has 0 aliphatic carbocycles. The van der Waals surface area contributed by atoms with Crippen molar-refractivity contribution in [2.24, 2.45) is 0 Å². The zero-order valence-corrected chi connectivity index (χ0v) is 23.0. The third-order valence-electron chi connectivity index (χ3n) is 7.70. The van der Waals surface area contributed by atoms with Crippen molar-refractivity contribution in [1.29, 1.82) is 0 Å². The van der Waals surface area contributed by atoms with E-state index in [0.29, 0.717) is 32.4 Å². The van der Waals surface area contributed by atoms with Crippen LogP contribution in [0.4, 0.5) is 4.79 Å². The summed E-state index contributed by atoms with van der Waals surface area (Å²) in [5.41, 5.74) is 0.715. The summed E-state index contributed by atoms with van der Waals surface area (Å²) in [6, 6.07) is 6.02. The molecule has 3 aliphatic heterocycles. The molecule has 4 atom stereocenters. The molecule has 0 unspecified atom stereocenters. The molecule has 0 spiro atoms. The Morgan fingerprint density at radius 2 is 1.75 bits per heavy atom. The van der Waals surface area contributed by atoms with E-state index in [4.69, 9.17) is 9.47 Å². The summed E-state index contributed by atoms with van der Waals surface area (Å²) in [4.78, 5) is 70.1. The van der Waals surface area contributed by atoms with Crippen LogP contribution in [0.5, 0.6) is 0 Å². The minimum atomic E-state index is -1.11. The van der Waals surface area contributed by atoms with Gasteiger partial charge in [0.1, 0.15) is 24.7 Å². The van der Waals surface area contributed by atoms with Crippen molar-refractivity contribution < 1.29 is 33.4 Å². The number of hydrogen-bond acceptors (Lipinski definition) is 7. The molecule has 40 heavy (non-hydrogen) atoms. The Morgan fingerprint density at radius 1 is 1.05 bits per heavy atom. The summed E-state index contributed by atoms with van der Waals surface area (Å²) in [6.07, 6.45) is 1.64. The minimum Gasteiger partial charge on any atom is -0.445 e. The number of carbonyl (C=O) groups excluding carboxylic acids is 5. The molecule has 0 saturated carbocycles. The number of ether oxygens (including phenoxy) is 2. The van der Waals surface area contributed by atoms with Crippen LogP contribution in [0.2, 0.25) is 0 Å². The van der Waals surface area contributed by atoms with Crippen molar-refractivity contribution in [1.82, 2.24) is 25.3 Å². The number of fused-ring (bicyclic) bond motifs is 2. The third kappa shape index (κ3) is 6.61. The molecule has 3 aliphatic rings. The Kier molecular flexibility index (Phi) is 9.41. The zero-order chi connectivity index (χ0) is 28.8. The summed E-state index contributed by atoms with van der Waals surface area (Å²) < 4.78 is 11.2. The largest absolute Gasteiger partial charge is 0.445 e. The van der Waals surface area contributed by atoms with Crippen molar-refractivity contribution in [3.8, 4) is 0 Å². The molecule has 4 rings (SSSR count). The zero-order valence-electron chi connectivity index (χ0n) is 23.0.